The summed E-state index contributed by atoms with van der Waals surface area (Å²) in [7, 11) is -3.74. The molecule has 0 bridgehead atoms. The third-order valence-corrected chi connectivity index (χ3v) is 5.87. The normalized spacial score (nSPS) is 13.5. The zero-order chi connectivity index (χ0) is 20.5. The number of halogens is 3. The Kier molecular flexibility index (Phi) is 5.31. The average Bonchev–Trinajstić information content (AvgIpc) is 3.03. The van der Waals surface area contributed by atoms with Crippen molar-refractivity contribution in [2.24, 2.45) is 0 Å². The molecule has 28 heavy (non-hydrogen) atoms. The van der Waals surface area contributed by atoms with E-state index in [1.807, 2.05) is 0 Å². The van der Waals surface area contributed by atoms with Crippen molar-refractivity contribution in [3.8, 4) is 5.69 Å². The highest BCUT2D eigenvalue weighted by atomic mass is 32.2. The average molecular weight is 409 g/mol. The van der Waals surface area contributed by atoms with Gasteiger partial charge in [0.15, 0.2) is 0 Å². The molecule has 0 spiro atoms. The number of rotatable bonds is 5. The number of sulfonamides is 1. The highest BCUT2D eigenvalue weighted by Crippen LogP contribution is 2.31. The maximum absolute atomic E-state index is 13.0. The molecule has 0 amide bonds. The van der Waals surface area contributed by atoms with Gasteiger partial charge in [0.1, 0.15) is 0 Å². The molecule has 3 aromatic rings. The van der Waals surface area contributed by atoms with Crippen LogP contribution in [0.5, 0.6) is 0 Å². The lowest BCUT2D eigenvalue weighted by Crippen LogP contribution is -2.27. The molecule has 1 unspecified atom stereocenters. The first-order valence-corrected chi connectivity index (χ1v) is 9.87. The van der Waals surface area contributed by atoms with Gasteiger partial charge < -0.3 is 0 Å². The van der Waals surface area contributed by atoms with Crippen molar-refractivity contribution in [1.29, 1.82) is 0 Å². The predicted octanol–water partition coefficient (Wildman–Crippen LogP) is 4.24. The minimum atomic E-state index is -4.46. The van der Waals surface area contributed by atoms with Gasteiger partial charge in [-0.1, -0.05) is 24.3 Å². The number of alkyl halides is 3. The van der Waals surface area contributed by atoms with Crippen molar-refractivity contribution in [2.45, 2.75) is 31.0 Å². The molecule has 1 aromatic heterocycles. The lowest BCUT2D eigenvalue weighted by molar-refractivity contribution is -0.137. The van der Waals surface area contributed by atoms with E-state index in [4.69, 9.17) is 0 Å². The van der Waals surface area contributed by atoms with Gasteiger partial charge >= 0.3 is 6.18 Å². The van der Waals surface area contributed by atoms with Crippen LogP contribution in [-0.4, -0.2) is 18.2 Å². The van der Waals surface area contributed by atoms with Gasteiger partial charge in [-0.15, -0.1) is 0 Å². The van der Waals surface area contributed by atoms with Gasteiger partial charge in [-0.2, -0.15) is 18.3 Å². The highest BCUT2D eigenvalue weighted by molar-refractivity contribution is 7.89. The van der Waals surface area contributed by atoms with Gasteiger partial charge in [-0.25, -0.2) is 17.8 Å². The molecule has 3 rings (SSSR count). The molecule has 0 aliphatic rings. The van der Waals surface area contributed by atoms with Crippen LogP contribution in [-0.2, 0) is 16.2 Å². The van der Waals surface area contributed by atoms with Crippen molar-refractivity contribution < 1.29 is 21.6 Å². The first kappa shape index (κ1) is 20.1. The second-order valence-electron chi connectivity index (χ2n) is 6.30. The lowest BCUT2D eigenvalue weighted by atomic mass is 10.1. The number of aromatic nitrogens is 2. The second-order valence-corrected chi connectivity index (χ2v) is 8.02. The minimum Gasteiger partial charge on any atom is -0.238 e. The molecule has 1 N–H and O–H groups in total. The van der Waals surface area contributed by atoms with E-state index >= 15 is 0 Å². The molecule has 0 saturated heterocycles. The Balaban J connectivity index is 1.89. The van der Waals surface area contributed by atoms with Gasteiger partial charge in [0, 0.05) is 17.3 Å². The molecule has 5 nitrogen and oxygen atoms in total. The van der Waals surface area contributed by atoms with Crippen molar-refractivity contribution in [2.75, 3.05) is 0 Å². The minimum absolute atomic E-state index is 0.129. The van der Waals surface area contributed by atoms with Gasteiger partial charge in [-0.05, 0) is 44.2 Å². The monoisotopic (exact) mass is 409 g/mol. The first-order chi connectivity index (χ1) is 13.1. The molecular formula is C19H18F3N3O2S. The summed E-state index contributed by atoms with van der Waals surface area (Å²) < 4.78 is 67.8. The molecule has 2 aromatic carbocycles. The van der Waals surface area contributed by atoms with Gasteiger partial charge in [0.2, 0.25) is 10.0 Å². The van der Waals surface area contributed by atoms with Crippen LogP contribution in [0.25, 0.3) is 5.69 Å². The zero-order valence-electron chi connectivity index (χ0n) is 15.1. The van der Waals surface area contributed by atoms with Crippen LogP contribution in [0, 0.1) is 6.92 Å². The fourth-order valence-electron chi connectivity index (χ4n) is 2.89. The van der Waals surface area contributed by atoms with Crippen molar-refractivity contribution in [1.82, 2.24) is 14.5 Å². The summed E-state index contributed by atoms with van der Waals surface area (Å²) in [5, 5.41) is 4.15. The molecular weight excluding hydrogens is 391 g/mol. The predicted molar refractivity (Wildman–Crippen MR) is 98.5 cm³/mol. The van der Waals surface area contributed by atoms with Crippen molar-refractivity contribution >= 4 is 10.0 Å². The fourth-order valence-corrected chi connectivity index (χ4v) is 4.13. The van der Waals surface area contributed by atoms with Crippen LogP contribution in [0.4, 0.5) is 13.2 Å². The summed E-state index contributed by atoms with van der Waals surface area (Å²) in [6.45, 7) is 3.33. The molecule has 0 aliphatic carbocycles. The van der Waals surface area contributed by atoms with E-state index in [0.29, 0.717) is 11.3 Å². The Hall–Kier alpha value is -2.65. The fraction of sp³-hybridized carbons (Fsp3) is 0.211. The number of hydrogen-bond donors (Lipinski definition) is 1. The molecule has 1 heterocycles. The van der Waals surface area contributed by atoms with E-state index in [9.17, 15) is 21.6 Å². The van der Waals surface area contributed by atoms with Crippen LogP contribution >= 0.6 is 0 Å². The van der Waals surface area contributed by atoms with Crippen molar-refractivity contribution in [3.63, 3.8) is 0 Å². The molecule has 9 heteroatoms. The van der Waals surface area contributed by atoms with E-state index in [2.05, 4.69) is 9.82 Å². The third kappa shape index (κ3) is 4.10. The topological polar surface area (TPSA) is 64.0 Å². The number of nitrogens with one attached hydrogen (secondary N) is 1. The van der Waals surface area contributed by atoms with Gasteiger partial charge in [0.05, 0.1) is 22.3 Å². The largest absolute Gasteiger partial charge is 0.416 e. The molecule has 0 radical (unpaired) electrons. The molecule has 0 saturated carbocycles. The summed E-state index contributed by atoms with van der Waals surface area (Å²) >= 11 is 0. The molecule has 0 aliphatic heterocycles. The van der Waals surface area contributed by atoms with Crippen LogP contribution < -0.4 is 4.72 Å². The Morgan fingerprint density at radius 2 is 1.75 bits per heavy atom. The van der Waals surface area contributed by atoms with E-state index < -0.39 is 27.8 Å². The Morgan fingerprint density at radius 3 is 2.39 bits per heavy atom. The Bertz CT molecular complexity index is 1080. The Labute approximate surface area is 160 Å². The molecule has 1 atom stereocenters. The van der Waals surface area contributed by atoms with Crippen LogP contribution in [0.2, 0.25) is 0 Å². The smallest absolute Gasteiger partial charge is 0.238 e. The van der Waals surface area contributed by atoms with Crippen LogP contribution in [0.1, 0.15) is 29.8 Å². The summed E-state index contributed by atoms with van der Waals surface area (Å²) in [6.07, 6.45) is -3.01. The molecule has 148 valence electrons. The van der Waals surface area contributed by atoms with E-state index in [-0.39, 0.29) is 10.6 Å². The van der Waals surface area contributed by atoms with Gasteiger partial charge in [0.25, 0.3) is 0 Å². The summed E-state index contributed by atoms with van der Waals surface area (Å²) in [6, 6.07) is 12.1. The maximum Gasteiger partial charge on any atom is 0.416 e. The summed E-state index contributed by atoms with van der Waals surface area (Å²) in [5.41, 5.74) is 0.579. The summed E-state index contributed by atoms with van der Waals surface area (Å²) in [5.74, 6) is 0. The second kappa shape index (κ2) is 7.40. The first-order valence-electron chi connectivity index (χ1n) is 8.39. The van der Waals surface area contributed by atoms with Gasteiger partial charge in [-0.3, -0.25) is 0 Å². The number of benzene rings is 2. The zero-order valence-corrected chi connectivity index (χ0v) is 15.9. The van der Waals surface area contributed by atoms with E-state index in [1.54, 1.807) is 32.0 Å². The lowest BCUT2D eigenvalue weighted by Gasteiger charge is -2.15. The van der Waals surface area contributed by atoms with E-state index in [0.717, 1.165) is 12.1 Å². The highest BCUT2D eigenvalue weighted by Gasteiger charge is 2.31. The Morgan fingerprint density at radius 1 is 1.07 bits per heavy atom. The summed E-state index contributed by atoms with van der Waals surface area (Å²) in [4.78, 5) is 0.129. The standard InChI is InChI=1S/C19H18F3N3O2S/c1-13(24-28(26,27)17-9-4-3-5-10-17)18-12-23-25(14(18)2)16-8-6-7-15(11-16)19(20,21)22/h3-13,24H,1-2H3. The maximum atomic E-state index is 13.0. The quantitative estimate of drug-likeness (QED) is 0.686. The van der Waals surface area contributed by atoms with Crippen molar-refractivity contribution in [3.05, 3.63) is 77.6 Å². The number of hydrogen-bond acceptors (Lipinski definition) is 3. The van der Waals surface area contributed by atoms with Crippen LogP contribution in [0.15, 0.2) is 65.7 Å². The third-order valence-electron chi connectivity index (χ3n) is 4.32. The van der Waals surface area contributed by atoms with Crippen LogP contribution in [0.3, 0.4) is 0 Å². The molecule has 0 fully saturated rings. The SMILES string of the molecule is Cc1c(C(C)NS(=O)(=O)c2ccccc2)cnn1-c1cccc(C(F)(F)F)c1. The van der Waals surface area contributed by atoms with E-state index in [1.165, 1.54) is 35.1 Å². The number of nitrogens with zero attached hydrogens (tertiary/aromatic N) is 2.